The molecule has 42 heavy (non-hydrogen) atoms. The molecule has 0 bridgehead atoms. The summed E-state index contributed by atoms with van der Waals surface area (Å²) in [6.07, 6.45) is 6.40. The molecular weight excluding hydrogens is 538 g/mol. The lowest BCUT2D eigenvalue weighted by Crippen LogP contribution is -2.46. The molecule has 2 amide bonds. The van der Waals surface area contributed by atoms with Crippen molar-refractivity contribution >= 4 is 35.2 Å². The molecule has 2 fully saturated rings. The van der Waals surface area contributed by atoms with Gasteiger partial charge >= 0.3 is 6.09 Å². The first-order valence-electron chi connectivity index (χ1n) is 14.2. The fourth-order valence-electron chi connectivity index (χ4n) is 5.15. The number of nitrogens with one attached hydrogen (secondary N) is 1. The van der Waals surface area contributed by atoms with Crippen molar-refractivity contribution in [2.75, 3.05) is 56.7 Å². The van der Waals surface area contributed by atoms with Crippen LogP contribution in [0.1, 0.15) is 55.4 Å². The number of hydrogen-bond acceptors (Lipinski definition) is 10. The number of amides is 2. The summed E-state index contributed by atoms with van der Waals surface area (Å²) in [4.78, 5) is 52.5. The Balaban J connectivity index is 1.54. The summed E-state index contributed by atoms with van der Waals surface area (Å²) in [5, 5.41) is 3.00. The van der Waals surface area contributed by atoms with Crippen molar-refractivity contribution < 1.29 is 23.9 Å². The van der Waals surface area contributed by atoms with Crippen molar-refractivity contribution in [3.05, 3.63) is 53.7 Å². The molecule has 3 heterocycles. The van der Waals surface area contributed by atoms with Crippen LogP contribution in [0.15, 0.2) is 36.8 Å². The molecule has 226 valence electrons. The number of aromatic nitrogens is 2. The van der Waals surface area contributed by atoms with Crippen molar-refractivity contribution in [1.29, 1.82) is 0 Å². The highest BCUT2D eigenvalue weighted by Gasteiger charge is 2.29. The Morgan fingerprint density at radius 2 is 1.81 bits per heavy atom. The Morgan fingerprint density at radius 1 is 1.14 bits per heavy atom. The van der Waals surface area contributed by atoms with Crippen LogP contribution in [0.25, 0.3) is 5.57 Å². The average molecular weight is 580 g/mol. The molecule has 3 N–H and O–H groups in total. The monoisotopic (exact) mass is 579 g/mol. The van der Waals surface area contributed by atoms with Gasteiger partial charge in [-0.15, -0.1) is 0 Å². The van der Waals surface area contributed by atoms with E-state index in [2.05, 4.69) is 25.1 Å². The van der Waals surface area contributed by atoms with Gasteiger partial charge in [0.15, 0.2) is 5.82 Å². The molecule has 0 spiro atoms. The summed E-state index contributed by atoms with van der Waals surface area (Å²) in [5.41, 5.74) is 8.03. The van der Waals surface area contributed by atoms with Gasteiger partial charge in [0.1, 0.15) is 11.9 Å². The number of nitrogens with two attached hydrogens (primary N) is 1. The quantitative estimate of drug-likeness (QED) is 0.354. The van der Waals surface area contributed by atoms with Gasteiger partial charge in [-0.3, -0.25) is 14.5 Å². The predicted octanol–water partition coefficient (Wildman–Crippen LogP) is 2.90. The number of anilines is 2. The molecule has 2 aliphatic rings. The Bertz CT molecular complexity index is 1280. The molecule has 2 saturated heterocycles. The zero-order valence-electron chi connectivity index (χ0n) is 24.8. The Morgan fingerprint density at radius 3 is 2.40 bits per heavy atom. The number of hydrogen-bond donors (Lipinski definition) is 2. The molecule has 0 atom stereocenters. The predicted molar refractivity (Wildman–Crippen MR) is 160 cm³/mol. The molecule has 12 nitrogen and oxygen atoms in total. The van der Waals surface area contributed by atoms with E-state index >= 15 is 0 Å². The minimum atomic E-state index is -0.536. The van der Waals surface area contributed by atoms with Crippen LogP contribution in [-0.2, 0) is 20.8 Å². The highest BCUT2D eigenvalue weighted by atomic mass is 16.6. The van der Waals surface area contributed by atoms with E-state index in [0.29, 0.717) is 57.2 Å². The molecule has 4 rings (SSSR count). The lowest BCUT2D eigenvalue weighted by Gasteiger charge is -2.37. The van der Waals surface area contributed by atoms with E-state index in [4.69, 9.17) is 15.2 Å². The third kappa shape index (κ3) is 7.83. The molecule has 2 aliphatic heterocycles. The lowest BCUT2D eigenvalue weighted by atomic mass is 10.0. The number of morpholine rings is 1. The fraction of sp³-hybridized carbons (Fsp3) is 0.500. The maximum atomic E-state index is 13.4. The number of aldehydes is 1. The number of piperidine rings is 1. The van der Waals surface area contributed by atoms with E-state index < -0.39 is 11.5 Å². The number of rotatable bonds is 8. The van der Waals surface area contributed by atoms with Gasteiger partial charge in [0.2, 0.25) is 0 Å². The van der Waals surface area contributed by atoms with Gasteiger partial charge in [0.25, 0.3) is 5.91 Å². The molecule has 1 aromatic heterocycles. The van der Waals surface area contributed by atoms with Gasteiger partial charge in [-0.25, -0.2) is 14.8 Å². The van der Waals surface area contributed by atoms with Crippen LogP contribution in [-0.4, -0.2) is 96.1 Å². The smallest absolute Gasteiger partial charge is 0.410 e. The van der Waals surface area contributed by atoms with Crippen LogP contribution in [0, 0.1) is 0 Å². The van der Waals surface area contributed by atoms with Gasteiger partial charge in [0, 0.05) is 62.9 Å². The van der Waals surface area contributed by atoms with Crippen LogP contribution >= 0.6 is 0 Å². The second-order valence-electron chi connectivity index (χ2n) is 11.5. The highest BCUT2D eigenvalue weighted by Crippen LogP contribution is 2.32. The van der Waals surface area contributed by atoms with Crippen molar-refractivity contribution in [2.45, 2.75) is 51.8 Å². The molecule has 1 aromatic carbocycles. The van der Waals surface area contributed by atoms with E-state index in [9.17, 15) is 14.4 Å². The van der Waals surface area contributed by atoms with Gasteiger partial charge in [-0.2, -0.15) is 0 Å². The van der Waals surface area contributed by atoms with Gasteiger partial charge in [-0.1, -0.05) is 0 Å². The summed E-state index contributed by atoms with van der Waals surface area (Å²) >= 11 is 0. The van der Waals surface area contributed by atoms with Crippen molar-refractivity contribution in [2.24, 2.45) is 5.73 Å². The van der Waals surface area contributed by atoms with Crippen molar-refractivity contribution in [1.82, 2.24) is 19.8 Å². The summed E-state index contributed by atoms with van der Waals surface area (Å²) in [6.45, 7) is 9.59. The Hall–Kier alpha value is -4.03. The number of carbonyl (C=O) groups excluding carboxylic acids is 3. The first kappa shape index (κ1) is 30.9. The topological polar surface area (TPSA) is 143 Å². The minimum Gasteiger partial charge on any atom is -0.444 e. The van der Waals surface area contributed by atoms with E-state index in [1.807, 2.05) is 40.0 Å². The summed E-state index contributed by atoms with van der Waals surface area (Å²) < 4.78 is 11.0. The number of nitrogens with zero attached hydrogens (tertiary/aromatic N) is 5. The third-order valence-corrected chi connectivity index (χ3v) is 7.36. The van der Waals surface area contributed by atoms with E-state index in [-0.39, 0.29) is 23.5 Å². The summed E-state index contributed by atoms with van der Waals surface area (Å²) in [5.74, 6) is -0.238. The maximum Gasteiger partial charge on any atom is 0.410 e. The maximum absolute atomic E-state index is 13.4. The zero-order valence-corrected chi connectivity index (χ0v) is 24.8. The Kier molecular flexibility index (Phi) is 10.1. The fourth-order valence-corrected chi connectivity index (χ4v) is 5.15. The number of benzene rings is 1. The first-order chi connectivity index (χ1) is 20.1. The third-order valence-electron chi connectivity index (χ3n) is 7.36. The van der Waals surface area contributed by atoms with E-state index in [1.54, 1.807) is 23.4 Å². The highest BCUT2D eigenvalue weighted by molar-refractivity contribution is 6.24. The normalized spacial score (nSPS) is 16.8. The van der Waals surface area contributed by atoms with Crippen LogP contribution < -0.4 is 16.0 Å². The van der Waals surface area contributed by atoms with Gasteiger partial charge < -0.3 is 30.3 Å². The van der Waals surface area contributed by atoms with Crippen LogP contribution in [0.3, 0.4) is 0 Å². The minimum absolute atomic E-state index is 0.137. The standard InChI is InChI=1S/C30H41N7O5/c1-30(2,3)42-29(40)37-10-6-23(7-11-37)35(4)19-21-16-25(26(17-22(21)20-38)36-12-14-41-15-13-36)34-28(39)24(18-31)27-32-8-5-9-33-27/h5,8-9,16-18,20,23H,6-7,10-15,19,31H2,1-4H3,(H,34,39)/b24-18+. The second kappa shape index (κ2) is 13.8. The summed E-state index contributed by atoms with van der Waals surface area (Å²) in [7, 11) is 2.01. The molecule has 0 aliphatic carbocycles. The van der Waals surface area contributed by atoms with Crippen LogP contribution in [0.5, 0.6) is 0 Å². The average Bonchev–Trinajstić information content (AvgIpc) is 2.98. The molecule has 0 radical (unpaired) electrons. The largest absolute Gasteiger partial charge is 0.444 e. The van der Waals surface area contributed by atoms with Gasteiger partial charge in [0.05, 0.1) is 30.2 Å². The molecular formula is C30H41N7O5. The molecule has 0 unspecified atom stereocenters. The number of likely N-dealkylation sites (tertiary alicyclic amines) is 1. The van der Waals surface area contributed by atoms with Crippen molar-refractivity contribution in [3.63, 3.8) is 0 Å². The zero-order chi connectivity index (χ0) is 30.3. The SMILES string of the molecule is CN(Cc1cc(NC(=O)/C(=C/N)c2ncccn2)c(N2CCOCC2)cc1C=O)C1CCN(C(=O)OC(C)(C)C)CC1. The van der Waals surface area contributed by atoms with Crippen molar-refractivity contribution in [3.8, 4) is 0 Å². The second-order valence-corrected chi connectivity index (χ2v) is 11.5. The van der Waals surface area contributed by atoms with Crippen LogP contribution in [0.4, 0.5) is 16.2 Å². The molecule has 12 heteroatoms. The van der Waals surface area contributed by atoms with E-state index in [0.717, 1.165) is 30.4 Å². The molecule has 2 aromatic rings. The first-order valence-corrected chi connectivity index (χ1v) is 14.2. The summed E-state index contributed by atoms with van der Waals surface area (Å²) in [6, 6.07) is 5.56. The van der Waals surface area contributed by atoms with E-state index in [1.165, 1.54) is 6.20 Å². The molecule has 0 saturated carbocycles. The number of ether oxygens (including phenoxy) is 2. The van der Waals surface area contributed by atoms with Gasteiger partial charge in [-0.05, 0) is 64.4 Å². The van der Waals surface area contributed by atoms with Crippen LogP contribution in [0.2, 0.25) is 0 Å². The number of carbonyl (C=O) groups is 3. The Labute approximate surface area is 246 Å². The lowest BCUT2D eigenvalue weighted by molar-refractivity contribution is -0.111.